The van der Waals surface area contributed by atoms with Crippen molar-refractivity contribution in [2.45, 2.75) is 38.8 Å². The summed E-state index contributed by atoms with van der Waals surface area (Å²) in [6.07, 6.45) is 1.19. The van der Waals surface area contributed by atoms with E-state index in [-0.39, 0.29) is 12.1 Å². The Bertz CT molecular complexity index is 324. The summed E-state index contributed by atoms with van der Waals surface area (Å²) in [5.74, 6) is 1.88. The first-order chi connectivity index (χ1) is 7.15. The van der Waals surface area contributed by atoms with Crippen LogP contribution in [-0.4, -0.2) is 27.9 Å². The van der Waals surface area contributed by atoms with E-state index in [2.05, 4.69) is 29.3 Å². The third-order valence-corrected chi connectivity index (χ3v) is 2.48. The fourth-order valence-electron chi connectivity index (χ4n) is 1.76. The lowest BCUT2D eigenvalue weighted by Gasteiger charge is -2.01. The number of hydrogen-bond acceptors (Lipinski definition) is 5. The van der Waals surface area contributed by atoms with Crippen LogP contribution in [0.3, 0.4) is 0 Å². The molecule has 15 heavy (non-hydrogen) atoms. The lowest BCUT2D eigenvalue weighted by Crippen LogP contribution is -2.15. The van der Waals surface area contributed by atoms with Crippen molar-refractivity contribution in [2.75, 3.05) is 6.54 Å². The summed E-state index contributed by atoms with van der Waals surface area (Å²) in [5, 5.41) is 16.4. The van der Waals surface area contributed by atoms with Crippen LogP contribution in [-0.2, 0) is 6.42 Å². The third-order valence-electron chi connectivity index (χ3n) is 2.48. The molecule has 5 nitrogen and oxygen atoms in total. The average molecular weight is 211 g/mol. The molecule has 1 aromatic rings. The van der Waals surface area contributed by atoms with E-state index in [1.807, 2.05) is 0 Å². The monoisotopic (exact) mass is 211 g/mol. The standard InChI is InChI=1S/C10H17N3O2/c1-6(2)3-9-12-10(15-13-9)8-4-7(14)5-11-8/h6-8,11,14H,3-5H2,1-2H3. The van der Waals surface area contributed by atoms with Gasteiger partial charge in [-0.1, -0.05) is 19.0 Å². The van der Waals surface area contributed by atoms with Gasteiger partial charge in [-0.15, -0.1) is 0 Å². The molecule has 2 atom stereocenters. The van der Waals surface area contributed by atoms with Gasteiger partial charge in [0.25, 0.3) is 0 Å². The maximum Gasteiger partial charge on any atom is 0.243 e. The van der Waals surface area contributed by atoms with Gasteiger partial charge in [-0.3, -0.25) is 0 Å². The number of aromatic nitrogens is 2. The summed E-state index contributed by atoms with van der Waals surface area (Å²) in [7, 11) is 0. The van der Waals surface area contributed by atoms with Crippen LogP contribution in [0.25, 0.3) is 0 Å². The molecule has 0 bridgehead atoms. The van der Waals surface area contributed by atoms with Crippen LogP contribution in [0.1, 0.15) is 38.0 Å². The van der Waals surface area contributed by atoms with E-state index >= 15 is 0 Å². The van der Waals surface area contributed by atoms with Gasteiger partial charge < -0.3 is 14.9 Å². The van der Waals surface area contributed by atoms with Gasteiger partial charge in [-0.05, 0) is 12.3 Å². The molecular formula is C10H17N3O2. The fourth-order valence-corrected chi connectivity index (χ4v) is 1.76. The predicted molar refractivity (Wildman–Crippen MR) is 54.2 cm³/mol. The van der Waals surface area contributed by atoms with E-state index < -0.39 is 0 Å². The molecule has 1 aliphatic rings. The van der Waals surface area contributed by atoms with Gasteiger partial charge in [0.15, 0.2) is 5.82 Å². The SMILES string of the molecule is CC(C)Cc1noc(C2CC(O)CN2)n1. The second-order valence-electron chi connectivity index (χ2n) is 4.50. The Morgan fingerprint density at radius 1 is 1.60 bits per heavy atom. The molecule has 0 radical (unpaired) electrons. The molecule has 1 aliphatic heterocycles. The zero-order valence-electron chi connectivity index (χ0n) is 9.10. The van der Waals surface area contributed by atoms with Gasteiger partial charge in [0.2, 0.25) is 5.89 Å². The number of aliphatic hydroxyl groups excluding tert-OH is 1. The topological polar surface area (TPSA) is 71.2 Å². The number of β-amino-alcohol motifs (C(OH)–C–C–N with tert-alkyl or cyclic N) is 1. The van der Waals surface area contributed by atoms with Gasteiger partial charge >= 0.3 is 0 Å². The van der Waals surface area contributed by atoms with Crippen molar-refractivity contribution >= 4 is 0 Å². The Kier molecular flexibility index (Phi) is 3.02. The number of aliphatic hydroxyl groups is 1. The van der Waals surface area contributed by atoms with Gasteiger partial charge in [0.1, 0.15) is 0 Å². The average Bonchev–Trinajstić information content (AvgIpc) is 2.72. The van der Waals surface area contributed by atoms with Crippen molar-refractivity contribution in [3.05, 3.63) is 11.7 Å². The van der Waals surface area contributed by atoms with Crippen molar-refractivity contribution in [3.63, 3.8) is 0 Å². The van der Waals surface area contributed by atoms with Crippen molar-refractivity contribution in [3.8, 4) is 0 Å². The largest absolute Gasteiger partial charge is 0.392 e. The Hall–Kier alpha value is -0.940. The normalized spacial score (nSPS) is 26.4. The first-order valence-electron chi connectivity index (χ1n) is 5.39. The minimum atomic E-state index is -0.296. The zero-order chi connectivity index (χ0) is 10.8. The van der Waals surface area contributed by atoms with E-state index in [4.69, 9.17) is 4.52 Å². The quantitative estimate of drug-likeness (QED) is 0.768. The molecule has 1 aromatic heterocycles. The molecule has 2 N–H and O–H groups in total. The van der Waals surface area contributed by atoms with Crippen LogP contribution in [0.2, 0.25) is 0 Å². The fraction of sp³-hybridized carbons (Fsp3) is 0.800. The first kappa shape index (κ1) is 10.6. The van der Waals surface area contributed by atoms with Crippen LogP contribution in [0.5, 0.6) is 0 Å². The maximum atomic E-state index is 9.36. The van der Waals surface area contributed by atoms with Crippen molar-refractivity contribution < 1.29 is 9.63 Å². The molecule has 2 rings (SSSR count). The van der Waals surface area contributed by atoms with E-state index in [1.165, 1.54) is 0 Å². The lowest BCUT2D eigenvalue weighted by molar-refractivity contribution is 0.191. The number of nitrogens with zero attached hydrogens (tertiary/aromatic N) is 2. The molecule has 0 saturated carbocycles. The predicted octanol–water partition coefficient (Wildman–Crippen LogP) is 0.663. The zero-order valence-corrected chi connectivity index (χ0v) is 9.10. The van der Waals surface area contributed by atoms with Gasteiger partial charge in [-0.2, -0.15) is 4.98 Å². The Morgan fingerprint density at radius 2 is 2.40 bits per heavy atom. The van der Waals surface area contributed by atoms with Crippen LogP contribution in [0.4, 0.5) is 0 Å². The molecule has 0 amide bonds. The summed E-state index contributed by atoms with van der Waals surface area (Å²) in [6, 6.07) is 0.0217. The Balaban J connectivity index is 2.00. The van der Waals surface area contributed by atoms with Gasteiger partial charge in [-0.25, -0.2) is 0 Å². The van der Waals surface area contributed by atoms with Crippen LogP contribution < -0.4 is 5.32 Å². The number of nitrogens with one attached hydrogen (secondary N) is 1. The minimum Gasteiger partial charge on any atom is -0.392 e. The maximum absolute atomic E-state index is 9.36. The summed E-state index contributed by atoms with van der Waals surface area (Å²) >= 11 is 0. The van der Waals surface area contributed by atoms with E-state index in [9.17, 15) is 5.11 Å². The van der Waals surface area contributed by atoms with Gasteiger partial charge in [0, 0.05) is 13.0 Å². The lowest BCUT2D eigenvalue weighted by atomic mass is 10.1. The minimum absolute atomic E-state index is 0.0217. The molecular weight excluding hydrogens is 194 g/mol. The molecule has 2 heterocycles. The highest BCUT2D eigenvalue weighted by Gasteiger charge is 2.27. The Morgan fingerprint density at radius 3 is 3.00 bits per heavy atom. The van der Waals surface area contributed by atoms with Crippen LogP contribution in [0, 0.1) is 5.92 Å². The molecule has 2 unspecified atom stereocenters. The molecule has 1 fully saturated rings. The van der Waals surface area contributed by atoms with Crippen molar-refractivity contribution in [1.82, 2.24) is 15.5 Å². The number of rotatable bonds is 3. The highest BCUT2D eigenvalue weighted by Crippen LogP contribution is 2.21. The third kappa shape index (κ3) is 2.54. The molecule has 5 heteroatoms. The summed E-state index contributed by atoms with van der Waals surface area (Å²) in [5.41, 5.74) is 0. The molecule has 0 aliphatic carbocycles. The first-order valence-corrected chi connectivity index (χ1v) is 5.39. The molecule has 84 valence electrons. The van der Waals surface area contributed by atoms with E-state index in [1.54, 1.807) is 0 Å². The summed E-state index contributed by atoms with van der Waals surface area (Å²) < 4.78 is 5.16. The number of hydrogen-bond donors (Lipinski definition) is 2. The second kappa shape index (κ2) is 4.28. The van der Waals surface area contributed by atoms with E-state index in [0.717, 1.165) is 12.2 Å². The summed E-state index contributed by atoms with van der Waals surface area (Å²) in [6.45, 7) is 4.84. The Labute approximate surface area is 88.9 Å². The van der Waals surface area contributed by atoms with Gasteiger partial charge in [0.05, 0.1) is 12.1 Å². The summed E-state index contributed by atoms with van der Waals surface area (Å²) in [4.78, 5) is 4.32. The van der Waals surface area contributed by atoms with E-state index in [0.29, 0.717) is 24.8 Å². The molecule has 0 spiro atoms. The van der Waals surface area contributed by atoms with Crippen LogP contribution in [0.15, 0.2) is 4.52 Å². The second-order valence-corrected chi connectivity index (χ2v) is 4.50. The van der Waals surface area contributed by atoms with Crippen LogP contribution >= 0.6 is 0 Å². The molecule has 0 aromatic carbocycles. The smallest absolute Gasteiger partial charge is 0.243 e. The highest BCUT2D eigenvalue weighted by molar-refractivity contribution is 4.97. The molecule has 1 saturated heterocycles. The van der Waals surface area contributed by atoms with Crippen molar-refractivity contribution in [2.24, 2.45) is 5.92 Å². The van der Waals surface area contributed by atoms with Crippen molar-refractivity contribution in [1.29, 1.82) is 0 Å². The highest BCUT2D eigenvalue weighted by atomic mass is 16.5.